The van der Waals surface area contributed by atoms with Crippen LogP contribution in [0.25, 0.3) is 10.2 Å². The molecule has 0 bridgehead atoms. The molecule has 1 N–H and O–H groups in total. The van der Waals surface area contributed by atoms with Crippen molar-refractivity contribution >= 4 is 39.0 Å². The molecule has 0 radical (unpaired) electrons. The molecular weight excluding hydrogens is 242 g/mol. The second-order valence-corrected chi connectivity index (χ2v) is 5.64. The summed E-state index contributed by atoms with van der Waals surface area (Å²) < 4.78 is 0. The van der Waals surface area contributed by atoms with Gasteiger partial charge >= 0.3 is 0 Å². The summed E-state index contributed by atoms with van der Waals surface area (Å²) in [5.41, 5.74) is 1.24. The lowest BCUT2D eigenvalue weighted by atomic mass is 10.2. The van der Waals surface area contributed by atoms with Crippen LogP contribution in [0.5, 0.6) is 0 Å². The third-order valence-corrected chi connectivity index (χ3v) is 3.70. The average Bonchev–Trinajstić information content (AvgIpc) is 2.40. The van der Waals surface area contributed by atoms with Gasteiger partial charge in [-0.2, -0.15) is 0 Å². The summed E-state index contributed by atoms with van der Waals surface area (Å²) in [7, 11) is 0. The van der Waals surface area contributed by atoms with Crippen molar-refractivity contribution in [2.24, 2.45) is 0 Å². The monoisotopic (exact) mass is 255 g/mol. The summed E-state index contributed by atoms with van der Waals surface area (Å²) >= 11 is 7.57. The molecule has 3 nitrogen and oxygen atoms in total. The summed E-state index contributed by atoms with van der Waals surface area (Å²) in [6, 6.07) is 0.328. The first-order valence-electron chi connectivity index (χ1n) is 5.19. The fourth-order valence-corrected chi connectivity index (χ4v) is 2.85. The molecule has 0 amide bonds. The third kappa shape index (κ3) is 1.99. The first kappa shape index (κ1) is 11.6. The highest BCUT2D eigenvalue weighted by Gasteiger charge is 2.14. The molecule has 0 aliphatic rings. The van der Waals surface area contributed by atoms with Crippen molar-refractivity contribution in [1.82, 2.24) is 9.97 Å². The summed E-state index contributed by atoms with van der Waals surface area (Å²) in [6.45, 7) is 8.35. The molecule has 16 heavy (non-hydrogen) atoms. The molecule has 0 aromatic carbocycles. The van der Waals surface area contributed by atoms with Crippen molar-refractivity contribution < 1.29 is 0 Å². The minimum Gasteiger partial charge on any atom is -0.367 e. The Balaban J connectivity index is 2.69. The number of aryl methyl sites for hydroxylation is 2. The number of aromatic nitrogens is 2. The predicted octanol–water partition coefficient (Wildman–Crippen LogP) is 3.78. The number of nitrogens with one attached hydrogen (secondary N) is 1. The Morgan fingerprint density at radius 1 is 1.25 bits per heavy atom. The zero-order chi connectivity index (χ0) is 11.9. The molecular formula is C11H14ClN3S. The smallest absolute Gasteiger partial charge is 0.225 e. The van der Waals surface area contributed by atoms with E-state index in [4.69, 9.17) is 11.6 Å². The van der Waals surface area contributed by atoms with Crippen molar-refractivity contribution in [1.29, 1.82) is 0 Å². The molecule has 0 aliphatic heterocycles. The summed E-state index contributed by atoms with van der Waals surface area (Å²) in [5, 5.41) is 4.71. The Morgan fingerprint density at radius 2 is 1.94 bits per heavy atom. The average molecular weight is 256 g/mol. The second kappa shape index (κ2) is 4.18. The second-order valence-electron chi connectivity index (χ2n) is 4.10. The van der Waals surface area contributed by atoms with Crippen LogP contribution in [0.2, 0.25) is 5.28 Å². The van der Waals surface area contributed by atoms with E-state index < -0.39 is 0 Å². The Labute approximate surface area is 104 Å². The number of anilines is 1. The molecule has 2 heterocycles. The van der Waals surface area contributed by atoms with Crippen LogP contribution in [0.3, 0.4) is 0 Å². The van der Waals surface area contributed by atoms with Crippen molar-refractivity contribution in [3.05, 3.63) is 15.7 Å². The lowest BCUT2D eigenvalue weighted by molar-refractivity contribution is 0.890. The molecule has 2 aromatic heterocycles. The van der Waals surface area contributed by atoms with Gasteiger partial charge in [-0.05, 0) is 44.9 Å². The van der Waals surface area contributed by atoms with Crippen LogP contribution in [0.4, 0.5) is 5.82 Å². The van der Waals surface area contributed by atoms with Gasteiger partial charge in [0.05, 0.1) is 5.39 Å². The van der Waals surface area contributed by atoms with Crippen molar-refractivity contribution in [2.45, 2.75) is 33.7 Å². The van der Waals surface area contributed by atoms with E-state index in [0.717, 1.165) is 16.0 Å². The number of rotatable bonds is 2. The Bertz CT molecular complexity index is 533. The highest BCUT2D eigenvalue weighted by Crippen LogP contribution is 2.34. The number of halogens is 1. The molecule has 0 unspecified atom stereocenters. The standard InChI is InChI=1S/C11H14ClN3S/c1-5(2)13-9-8-6(3)7(4)16-10(8)15-11(12)14-9/h5H,1-4H3,(H,13,14,15). The molecule has 0 fully saturated rings. The van der Waals surface area contributed by atoms with E-state index in [1.807, 2.05) is 0 Å². The zero-order valence-corrected chi connectivity index (χ0v) is 11.3. The maximum atomic E-state index is 5.91. The molecule has 0 saturated carbocycles. The number of thiophene rings is 1. The molecule has 0 spiro atoms. The quantitative estimate of drug-likeness (QED) is 0.830. The van der Waals surface area contributed by atoms with Crippen LogP contribution in [0.1, 0.15) is 24.3 Å². The molecule has 0 saturated heterocycles. The van der Waals surface area contributed by atoms with Crippen molar-refractivity contribution in [2.75, 3.05) is 5.32 Å². The van der Waals surface area contributed by atoms with E-state index in [-0.39, 0.29) is 0 Å². The first-order valence-corrected chi connectivity index (χ1v) is 6.38. The van der Waals surface area contributed by atoms with E-state index in [0.29, 0.717) is 11.3 Å². The Morgan fingerprint density at radius 3 is 2.56 bits per heavy atom. The van der Waals surface area contributed by atoms with E-state index in [9.17, 15) is 0 Å². The predicted molar refractivity (Wildman–Crippen MR) is 70.7 cm³/mol. The summed E-state index contributed by atoms with van der Waals surface area (Å²) in [4.78, 5) is 10.7. The van der Waals surface area contributed by atoms with E-state index in [1.54, 1.807) is 11.3 Å². The minimum absolute atomic E-state index is 0.303. The minimum atomic E-state index is 0.303. The zero-order valence-electron chi connectivity index (χ0n) is 9.76. The molecule has 2 aromatic rings. The largest absolute Gasteiger partial charge is 0.367 e. The van der Waals surface area contributed by atoms with Gasteiger partial charge in [-0.1, -0.05) is 0 Å². The highest BCUT2D eigenvalue weighted by molar-refractivity contribution is 7.18. The van der Waals surface area contributed by atoms with Gasteiger partial charge in [0.2, 0.25) is 5.28 Å². The van der Waals surface area contributed by atoms with Gasteiger partial charge in [0.1, 0.15) is 10.6 Å². The number of nitrogens with zero attached hydrogens (tertiary/aromatic N) is 2. The van der Waals surface area contributed by atoms with Gasteiger partial charge in [0.25, 0.3) is 0 Å². The first-order chi connectivity index (χ1) is 7.49. The molecule has 5 heteroatoms. The molecule has 2 rings (SSSR count). The van der Waals surface area contributed by atoms with Crippen molar-refractivity contribution in [3.8, 4) is 0 Å². The van der Waals surface area contributed by atoms with Gasteiger partial charge in [0.15, 0.2) is 0 Å². The lowest BCUT2D eigenvalue weighted by Crippen LogP contribution is -2.11. The number of fused-ring (bicyclic) bond motifs is 1. The van der Waals surface area contributed by atoms with Crippen LogP contribution < -0.4 is 5.32 Å². The van der Waals surface area contributed by atoms with Gasteiger partial charge in [0, 0.05) is 10.9 Å². The van der Waals surface area contributed by atoms with E-state index >= 15 is 0 Å². The van der Waals surface area contributed by atoms with E-state index in [1.165, 1.54) is 10.4 Å². The van der Waals surface area contributed by atoms with Gasteiger partial charge in [-0.3, -0.25) is 0 Å². The van der Waals surface area contributed by atoms with Crippen LogP contribution in [0, 0.1) is 13.8 Å². The van der Waals surface area contributed by atoms with Gasteiger partial charge < -0.3 is 5.32 Å². The van der Waals surface area contributed by atoms with Crippen LogP contribution in [0.15, 0.2) is 0 Å². The Kier molecular flexibility index (Phi) is 3.04. The molecule has 0 aliphatic carbocycles. The third-order valence-electron chi connectivity index (χ3n) is 2.43. The highest BCUT2D eigenvalue weighted by atomic mass is 35.5. The lowest BCUT2D eigenvalue weighted by Gasteiger charge is -2.10. The van der Waals surface area contributed by atoms with Crippen LogP contribution in [-0.2, 0) is 0 Å². The van der Waals surface area contributed by atoms with Gasteiger partial charge in [-0.25, -0.2) is 9.97 Å². The number of hydrogen-bond acceptors (Lipinski definition) is 4. The molecule has 86 valence electrons. The number of hydrogen-bond donors (Lipinski definition) is 1. The van der Waals surface area contributed by atoms with E-state index in [2.05, 4.69) is 43.0 Å². The normalized spacial score (nSPS) is 11.4. The van der Waals surface area contributed by atoms with Crippen LogP contribution in [-0.4, -0.2) is 16.0 Å². The maximum absolute atomic E-state index is 5.91. The summed E-state index contributed by atoms with van der Waals surface area (Å²) in [6.07, 6.45) is 0. The fraction of sp³-hybridized carbons (Fsp3) is 0.455. The topological polar surface area (TPSA) is 37.8 Å². The van der Waals surface area contributed by atoms with Crippen LogP contribution >= 0.6 is 22.9 Å². The van der Waals surface area contributed by atoms with Gasteiger partial charge in [-0.15, -0.1) is 11.3 Å². The van der Waals surface area contributed by atoms with Crippen molar-refractivity contribution in [3.63, 3.8) is 0 Å². The Hall–Kier alpha value is -0.870. The molecule has 0 atom stereocenters. The maximum Gasteiger partial charge on any atom is 0.225 e. The SMILES string of the molecule is Cc1sc2nc(Cl)nc(NC(C)C)c2c1C. The fourth-order valence-electron chi connectivity index (χ4n) is 1.60. The summed E-state index contributed by atoms with van der Waals surface area (Å²) in [5.74, 6) is 0.840.